The number of fused-ring (bicyclic) bond motifs is 1. The molecule has 23 heavy (non-hydrogen) atoms. The van der Waals surface area contributed by atoms with Crippen LogP contribution in [-0.2, 0) is 17.1 Å². The molecular weight excluding hydrogens is 332 g/mol. The number of hydrogen-bond acceptors (Lipinski definition) is 4. The van der Waals surface area contributed by atoms with Crippen LogP contribution in [0.15, 0.2) is 57.8 Å². The number of ether oxygens (including phenoxy) is 1. The van der Waals surface area contributed by atoms with Gasteiger partial charge in [0.05, 0.1) is 21.7 Å². The Labute approximate surface area is 138 Å². The van der Waals surface area contributed by atoms with Crippen molar-refractivity contribution in [3.05, 3.63) is 53.3 Å². The fourth-order valence-corrected chi connectivity index (χ4v) is 4.50. The molecule has 7 heteroatoms. The SMILES string of the molecule is CCOc1ccc2c(c1)sc(=NS(=O)(=O)c1ccccc1)n2C. The summed E-state index contributed by atoms with van der Waals surface area (Å²) in [4.78, 5) is 0.616. The minimum absolute atomic E-state index is 0.187. The molecule has 0 radical (unpaired) electrons. The van der Waals surface area contributed by atoms with E-state index in [0.717, 1.165) is 16.0 Å². The van der Waals surface area contributed by atoms with Crippen LogP contribution in [0, 0.1) is 0 Å². The van der Waals surface area contributed by atoms with E-state index in [0.29, 0.717) is 11.4 Å². The van der Waals surface area contributed by atoms with Gasteiger partial charge in [0.25, 0.3) is 10.0 Å². The van der Waals surface area contributed by atoms with Crippen molar-refractivity contribution in [2.75, 3.05) is 6.61 Å². The third-order valence-electron chi connectivity index (χ3n) is 3.33. The summed E-state index contributed by atoms with van der Waals surface area (Å²) in [6, 6.07) is 13.9. The summed E-state index contributed by atoms with van der Waals surface area (Å²) in [5.41, 5.74) is 0.917. The Morgan fingerprint density at radius 1 is 1.17 bits per heavy atom. The molecule has 0 unspecified atom stereocenters. The molecule has 0 spiro atoms. The van der Waals surface area contributed by atoms with E-state index in [2.05, 4.69) is 4.40 Å². The quantitative estimate of drug-likeness (QED) is 0.728. The Hall–Kier alpha value is -2.12. The lowest BCUT2D eigenvalue weighted by Crippen LogP contribution is -2.13. The van der Waals surface area contributed by atoms with Crippen molar-refractivity contribution in [2.45, 2.75) is 11.8 Å². The van der Waals surface area contributed by atoms with Gasteiger partial charge in [0, 0.05) is 7.05 Å². The molecule has 1 heterocycles. The number of rotatable bonds is 4. The highest BCUT2D eigenvalue weighted by molar-refractivity contribution is 7.90. The number of nitrogens with zero attached hydrogens (tertiary/aromatic N) is 2. The molecule has 1 aromatic heterocycles. The highest BCUT2D eigenvalue weighted by Gasteiger charge is 2.13. The summed E-state index contributed by atoms with van der Waals surface area (Å²) in [6.45, 7) is 2.51. The van der Waals surface area contributed by atoms with Crippen LogP contribution in [0.2, 0.25) is 0 Å². The van der Waals surface area contributed by atoms with Crippen LogP contribution in [0.4, 0.5) is 0 Å². The maximum Gasteiger partial charge on any atom is 0.285 e. The molecule has 0 fully saturated rings. The number of thiazole rings is 1. The minimum Gasteiger partial charge on any atom is -0.494 e. The third kappa shape index (κ3) is 3.16. The molecular formula is C16H16N2O3S2. The average molecular weight is 348 g/mol. The van der Waals surface area contributed by atoms with Crippen molar-refractivity contribution in [2.24, 2.45) is 11.4 Å². The van der Waals surface area contributed by atoms with Crippen molar-refractivity contribution in [1.29, 1.82) is 0 Å². The molecule has 0 saturated carbocycles. The maximum atomic E-state index is 12.4. The highest BCUT2D eigenvalue weighted by Crippen LogP contribution is 2.23. The van der Waals surface area contributed by atoms with Crippen LogP contribution in [-0.4, -0.2) is 19.6 Å². The van der Waals surface area contributed by atoms with Crippen LogP contribution in [0.5, 0.6) is 5.75 Å². The predicted molar refractivity (Wildman–Crippen MR) is 91.2 cm³/mol. The summed E-state index contributed by atoms with van der Waals surface area (Å²) in [7, 11) is -1.92. The Morgan fingerprint density at radius 2 is 1.91 bits per heavy atom. The van der Waals surface area contributed by atoms with E-state index in [1.54, 1.807) is 41.9 Å². The number of aryl methyl sites for hydroxylation is 1. The van der Waals surface area contributed by atoms with Crippen LogP contribution in [0.25, 0.3) is 10.2 Å². The fourth-order valence-electron chi connectivity index (χ4n) is 2.21. The molecule has 5 nitrogen and oxygen atoms in total. The van der Waals surface area contributed by atoms with Crippen molar-refractivity contribution < 1.29 is 13.2 Å². The van der Waals surface area contributed by atoms with Gasteiger partial charge in [-0.3, -0.25) is 0 Å². The predicted octanol–water partition coefficient (Wildman–Crippen LogP) is 2.93. The van der Waals surface area contributed by atoms with Gasteiger partial charge >= 0.3 is 0 Å². The first kappa shape index (κ1) is 15.8. The van der Waals surface area contributed by atoms with Gasteiger partial charge in [-0.2, -0.15) is 8.42 Å². The van der Waals surface area contributed by atoms with Crippen molar-refractivity contribution in [3.8, 4) is 5.75 Å². The Kier molecular flexibility index (Phi) is 4.23. The molecule has 0 amide bonds. The van der Waals surface area contributed by atoms with E-state index in [1.807, 2.05) is 25.1 Å². The van der Waals surface area contributed by atoms with Gasteiger partial charge in [-0.15, -0.1) is 4.40 Å². The molecule has 120 valence electrons. The Morgan fingerprint density at radius 3 is 2.61 bits per heavy atom. The Bertz CT molecular complexity index is 1000. The van der Waals surface area contributed by atoms with E-state index in [-0.39, 0.29) is 4.90 Å². The second-order valence-corrected chi connectivity index (χ2v) is 7.50. The lowest BCUT2D eigenvalue weighted by atomic mass is 10.3. The average Bonchev–Trinajstić information content (AvgIpc) is 2.84. The largest absolute Gasteiger partial charge is 0.494 e. The highest BCUT2D eigenvalue weighted by atomic mass is 32.2. The van der Waals surface area contributed by atoms with Gasteiger partial charge in [0.1, 0.15) is 5.75 Å². The topological polar surface area (TPSA) is 60.7 Å². The van der Waals surface area contributed by atoms with Gasteiger partial charge < -0.3 is 9.30 Å². The number of sulfonamides is 1. The van der Waals surface area contributed by atoms with Crippen LogP contribution < -0.4 is 9.54 Å². The first-order valence-corrected chi connectivity index (χ1v) is 9.35. The fraction of sp³-hybridized carbons (Fsp3) is 0.188. The summed E-state index contributed by atoms with van der Waals surface area (Å²) >= 11 is 1.32. The van der Waals surface area contributed by atoms with Crippen molar-refractivity contribution in [3.63, 3.8) is 0 Å². The second kappa shape index (κ2) is 6.17. The van der Waals surface area contributed by atoms with E-state index in [4.69, 9.17) is 4.74 Å². The van der Waals surface area contributed by atoms with Crippen molar-refractivity contribution >= 4 is 31.6 Å². The monoisotopic (exact) mass is 348 g/mol. The van der Waals surface area contributed by atoms with Gasteiger partial charge in [-0.25, -0.2) is 0 Å². The molecule has 0 saturated heterocycles. The molecule has 0 aliphatic carbocycles. The molecule has 0 atom stereocenters. The summed E-state index contributed by atoms with van der Waals surface area (Å²) in [6.07, 6.45) is 0. The van der Waals surface area contributed by atoms with Gasteiger partial charge in [0.15, 0.2) is 0 Å². The standard InChI is InChI=1S/C16H16N2O3S2/c1-3-21-12-9-10-14-15(11-12)22-16(18(14)2)17-23(19,20)13-7-5-4-6-8-13/h4-11H,3H2,1-2H3. The van der Waals surface area contributed by atoms with Gasteiger partial charge in [-0.05, 0) is 37.3 Å². The van der Waals surface area contributed by atoms with E-state index in [1.165, 1.54) is 11.3 Å². The van der Waals surface area contributed by atoms with Gasteiger partial charge in [-0.1, -0.05) is 29.5 Å². The first-order chi connectivity index (χ1) is 11.0. The summed E-state index contributed by atoms with van der Waals surface area (Å²) in [5.74, 6) is 0.763. The van der Waals surface area contributed by atoms with Gasteiger partial charge in [0.2, 0.25) is 4.80 Å². The third-order valence-corrected chi connectivity index (χ3v) is 5.82. The molecule has 0 N–H and O–H groups in total. The molecule has 2 aromatic carbocycles. The normalized spacial score (nSPS) is 12.7. The molecule has 0 bridgehead atoms. The zero-order chi connectivity index (χ0) is 16.4. The van der Waals surface area contributed by atoms with E-state index in [9.17, 15) is 8.42 Å². The number of benzene rings is 2. The summed E-state index contributed by atoms with van der Waals surface area (Å²) in [5, 5.41) is 0. The Balaban J connectivity index is 2.14. The smallest absolute Gasteiger partial charge is 0.285 e. The second-order valence-electron chi connectivity index (χ2n) is 4.89. The maximum absolute atomic E-state index is 12.4. The first-order valence-electron chi connectivity index (χ1n) is 7.09. The molecule has 0 aliphatic rings. The summed E-state index contributed by atoms with van der Waals surface area (Å²) < 4.78 is 37.0. The molecule has 3 aromatic rings. The number of hydrogen-bond donors (Lipinski definition) is 0. The lowest BCUT2D eigenvalue weighted by Gasteiger charge is -2.02. The number of aromatic nitrogens is 1. The molecule has 0 aliphatic heterocycles. The van der Waals surface area contributed by atoms with E-state index < -0.39 is 10.0 Å². The van der Waals surface area contributed by atoms with Crippen molar-refractivity contribution in [1.82, 2.24) is 4.57 Å². The minimum atomic E-state index is -3.72. The van der Waals surface area contributed by atoms with E-state index >= 15 is 0 Å². The molecule has 3 rings (SSSR count). The zero-order valence-corrected chi connectivity index (χ0v) is 14.4. The van der Waals surface area contributed by atoms with Crippen LogP contribution in [0.1, 0.15) is 6.92 Å². The van der Waals surface area contributed by atoms with Crippen LogP contribution >= 0.6 is 11.3 Å². The van der Waals surface area contributed by atoms with Crippen LogP contribution in [0.3, 0.4) is 0 Å². The zero-order valence-electron chi connectivity index (χ0n) is 12.8. The lowest BCUT2D eigenvalue weighted by molar-refractivity contribution is 0.341.